The lowest BCUT2D eigenvalue weighted by molar-refractivity contribution is -0.192. The summed E-state index contributed by atoms with van der Waals surface area (Å²) in [4.78, 5) is 21.8. The summed E-state index contributed by atoms with van der Waals surface area (Å²) in [5, 5.41) is 0. The lowest BCUT2D eigenvalue weighted by atomic mass is 9.96. The molecule has 2 atom stereocenters. The monoisotopic (exact) mass is 210 g/mol. The van der Waals surface area contributed by atoms with Gasteiger partial charge in [0.2, 0.25) is 0 Å². The highest BCUT2D eigenvalue weighted by atomic mass is 19.4. The molecule has 0 aromatic rings. The van der Waals surface area contributed by atoms with Gasteiger partial charge in [0.15, 0.2) is 0 Å². The molecule has 6 heteroatoms. The van der Waals surface area contributed by atoms with Crippen molar-refractivity contribution >= 4 is 11.8 Å². The van der Waals surface area contributed by atoms with Crippen LogP contribution in [-0.2, 0) is 14.3 Å². The number of hydrogen-bond donors (Lipinski definition) is 0. The quantitative estimate of drug-likeness (QED) is 0.613. The molecule has 1 fully saturated rings. The molecule has 1 aliphatic rings. The molecule has 0 heterocycles. The molecule has 3 nitrogen and oxygen atoms in total. The molecule has 1 aliphatic carbocycles. The zero-order valence-electron chi connectivity index (χ0n) is 7.43. The molecule has 1 saturated carbocycles. The Bertz CT molecular complexity index is 259. The first-order valence-corrected chi connectivity index (χ1v) is 4.02. The minimum absolute atomic E-state index is 0.364. The minimum Gasteiger partial charge on any atom is -0.469 e. The number of Topliss-reactive ketones (excluding diaryl/α,β-unsaturated/α-hetero) is 1. The molecule has 1 unspecified atom stereocenters. The van der Waals surface area contributed by atoms with E-state index in [9.17, 15) is 22.8 Å². The van der Waals surface area contributed by atoms with Gasteiger partial charge < -0.3 is 4.74 Å². The molecule has 0 aromatic carbocycles. The van der Waals surface area contributed by atoms with E-state index >= 15 is 0 Å². The van der Waals surface area contributed by atoms with Crippen LogP contribution < -0.4 is 0 Å². The number of ether oxygens (including phenoxy) is 1. The van der Waals surface area contributed by atoms with E-state index in [1.165, 1.54) is 0 Å². The fourth-order valence-corrected chi connectivity index (χ4v) is 1.60. The summed E-state index contributed by atoms with van der Waals surface area (Å²) in [5.41, 5.74) is 0. The van der Waals surface area contributed by atoms with Crippen molar-refractivity contribution in [2.45, 2.75) is 19.0 Å². The van der Waals surface area contributed by atoms with Crippen molar-refractivity contribution in [1.29, 1.82) is 0 Å². The van der Waals surface area contributed by atoms with Gasteiger partial charge in [-0.1, -0.05) is 0 Å². The highest BCUT2D eigenvalue weighted by Crippen LogP contribution is 2.41. The van der Waals surface area contributed by atoms with Crippen molar-refractivity contribution in [2.24, 2.45) is 11.8 Å². The summed E-state index contributed by atoms with van der Waals surface area (Å²) in [6.45, 7) is 0. The normalized spacial score (nSPS) is 27.9. The van der Waals surface area contributed by atoms with Crippen LogP contribution in [0.15, 0.2) is 0 Å². The van der Waals surface area contributed by atoms with Gasteiger partial charge in [-0.2, -0.15) is 13.2 Å². The summed E-state index contributed by atoms with van der Waals surface area (Å²) in [7, 11) is 1.01. The number of halogens is 3. The number of carbonyl (C=O) groups is 2. The molecule has 0 aromatic heterocycles. The summed E-state index contributed by atoms with van der Waals surface area (Å²) in [6.07, 6.45) is -5.48. The van der Waals surface area contributed by atoms with Crippen LogP contribution in [-0.4, -0.2) is 25.0 Å². The van der Waals surface area contributed by atoms with Crippen LogP contribution in [0.1, 0.15) is 12.8 Å². The fourth-order valence-electron chi connectivity index (χ4n) is 1.60. The van der Waals surface area contributed by atoms with Gasteiger partial charge in [0, 0.05) is 12.8 Å². The summed E-state index contributed by atoms with van der Waals surface area (Å²) in [5.74, 6) is -4.73. The van der Waals surface area contributed by atoms with Gasteiger partial charge in [-0.15, -0.1) is 0 Å². The maximum atomic E-state index is 12.3. The maximum absolute atomic E-state index is 12.3. The number of rotatable bonds is 1. The van der Waals surface area contributed by atoms with E-state index in [1.807, 2.05) is 0 Å². The second-order valence-electron chi connectivity index (χ2n) is 3.22. The van der Waals surface area contributed by atoms with Crippen molar-refractivity contribution in [3.05, 3.63) is 0 Å². The summed E-state index contributed by atoms with van der Waals surface area (Å²) >= 11 is 0. The Kier molecular flexibility index (Phi) is 2.82. The smallest absolute Gasteiger partial charge is 0.393 e. The lowest BCUT2D eigenvalue weighted by Gasteiger charge is -2.19. The third-order valence-corrected chi connectivity index (χ3v) is 2.31. The summed E-state index contributed by atoms with van der Waals surface area (Å²) < 4.78 is 41.2. The molecular weight excluding hydrogens is 201 g/mol. The average molecular weight is 210 g/mol. The predicted octanol–water partition coefficient (Wildman–Crippen LogP) is 1.32. The first-order valence-electron chi connectivity index (χ1n) is 4.02. The zero-order valence-corrected chi connectivity index (χ0v) is 7.43. The third-order valence-electron chi connectivity index (χ3n) is 2.31. The molecular formula is C8H9F3O3. The number of alkyl halides is 3. The molecule has 14 heavy (non-hydrogen) atoms. The Morgan fingerprint density at radius 1 is 1.43 bits per heavy atom. The van der Waals surface area contributed by atoms with E-state index < -0.39 is 36.2 Å². The zero-order chi connectivity index (χ0) is 10.9. The van der Waals surface area contributed by atoms with Gasteiger partial charge in [0.25, 0.3) is 0 Å². The van der Waals surface area contributed by atoms with Gasteiger partial charge in [-0.05, 0) is 0 Å². The number of esters is 1. The number of methoxy groups -OCH3 is 1. The Morgan fingerprint density at radius 2 is 2.00 bits per heavy atom. The molecule has 0 amide bonds. The topological polar surface area (TPSA) is 43.4 Å². The number of hydrogen-bond acceptors (Lipinski definition) is 3. The van der Waals surface area contributed by atoms with Gasteiger partial charge in [-0.3, -0.25) is 9.59 Å². The van der Waals surface area contributed by atoms with Gasteiger partial charge >= 0.3 is 12.1 Å². The van der Waals surface area contributed by atoms with Crippen LogP contribution in [0.25, 0.3) is 0 Å². The van der Waals surface area contributed by atoms with Crippen LogP contribution in [0.2, 0.25) is 0 Å². The molecule has 0 N–H and O–H groups in total. The average Bonchev–Trinajstić information content (AvgIpc) is 2.45. The molecule has 0 bridgehead atoms. The minimum atomic E-state index is -4.51. The van der Waals surface area contributed by atoms with Crippen LogP contribution in [0, 0.1) is 11.8 Å². The molecule has 0 saturated heterocycles. The lowest BCUT2D eigenvalue weighted by Crippen LogP contribution is -2.31. The van der Waals surface area contributed by atoms with Gasteiger partial charge in [0.1, 0.15) is 5.78 Å². The molecule has 0 spiro atoms. The number of carbonyl (C=O) groups excluding carboxylic acids is 2. The highest BCUT2D eigenvalue weighted by molar-refractivity contribution is 5.88. The molecule has 0 radical (unpaired) electrons. The van der Waals surface area contributed by atoms with E-state index in [4.69, 9.17) is 0 Å². The van der Waals surface area contributed by atoms with Crippen molar-refractivity contribution in [3.63, 3.8) is 0 Å². The largest absolute Gasteiger partial charge is 0.469 e. The van der Waals surface area contributed by atoms with Crippen molar-refractivity contribution in [3.8, 4) is 0 Å². The van der Waals surface area contributed by atoms with Gasteiger partial charge in [-0.25, -0.2) is 0 Å². The number of ketones is 1. The Labute approximate surface area is 78.2 Å². The standard InChI is InChI=1S/C8H9F3O3/c1-14-7(13)5-2-4(12)3-6(5)8(9,10)11/h5-6H,2-3H2,1H3/t5?,6-/m1/s1. The van der Waals surface area contributed by atoms with E-state index in [2.05, 4.69) is 4.74 Å². The van der Waals surface area contributed by atoms with Crippen molar-refractivity contribution < 1.29 is 27.5 Å². The summed E-state index contributed by atoms with van der Waals surface area (Å²) in [6, 6.07) is 0. The van der Waals surface area contributed by atoms with E-state index in [0.29, 0.717) is 0 Å². The molecule has 0 aliphatic heterocycles. The van der Waals surface area contributed by atoms with Crippen LogP contribution in [0.3, 0.4) is 0 Å². The van der Waals surface area contributed by atoms with Crippen LogP contribution in [0.5, 0.6) is 0 Å². The van der Waals surface area contributed by atoms with Crippen molar-refractivity contribution in [2.75, 3.05) is 7.11 Å². The van der Waals surface area contributed by atoms with Crippen LogP contribution in [0.4, 0.5) is 13.2 Å². The fraction of sp³-hybridized carbons (Fsp3) is 0.750. The first kappa shape index (κ1) is 11.0. The van der Waals surface area contributed by atoms with E-state index in [1.54, 1.807) is 0 Å². The van der Waals surface area contributed by atoms with Crippen LogP contribution >= 0.6 is 0 Å². The molecule has 80 valence electrons. The Morgan fingerprint density at radius 3 is 2.43 bits per heavy atom. The van der Waals surface area contributed by atoms with E-state index in [-0.39, 0.29) is 6.42 Å². The van der Waals surface area contributed by atoms with Crippen molar-refractivity contribution in [1.82, 2.24) is 0 Å². The first-order chi connectivity index (χ1) is 6.36. The SMILES string of the molecule is COC(=O)C1CC(=O)C[C@H]1C(F)(F)F. The Balaban J connectivity index is 2.83. The predicted molar refractivity (Wildman–Crippen MR) is 39.3 cm³/mol. The highest BCUT2D eigenvalue weighted by Gasteiger charge is 2.53. The Hall–Kier alpha value is -1.07. The van der Waals surface area contributed by atoms with Gasteiger partial charge in [0.05, 0.1) is 18.9 Å². The maximum Gasteiger partial charge on any atom is 0.393 e. The second-order valence-corrected chi connectivity index (χ2v) is 3.22. The third kappa shape index (κ3) is 2.05. The molecule has 1 rings (SSSR count). The second kappa shape index (κ2) is 3.59. The van der Waals surface area contributed by atoms with E-state index in [0.717, 1.165) is 7.11 Å².